The summed E-state index contributed by atoms with van der Waals surface area (Å²) in [6, 6.07) is 0.0169. The third kappa shape index (κ3) is 6.42. The van der Waals surface area contributed by atoms with Gasteiger partial charge >= 0.3 is 18.4 Å². The van der Waals surface area contributed by atoms with E-state index in [1.54, 1.807) is 26.0 Å². The number of hydrogen-bond donors (Lipinski definition) is 0. The summed E-state index contributed by atoms with van der Waals surface area (Å²) >= 11 is 0. The first kappa shape index (κ1) is 29.3. The minimum Gasteiger partial charge on any atom is -0.447 e. The molecule has 1 aromatic rings. The number of nitrogens with zero attached hydrogens (tertiary/aromatic N) is 2. The molecule has 0 saturated carbocycles. The van der Waals surface area contributed by atoms with Crippen molar-refractivity contribution in [3.63, 3.8) is 0 Å². The van der Waals surface area contributed by atoms with E-state index >= 15 is 0 Å². The van der Waals surface area contributed by atoms with Crippen molar-refractivity contribution < 1.29 is 40.7 Å². The second-order valence-electron chi connectivity index (χ2n) is 9.81. The van der Waals surface area contributed by atoms with Crippen LogP contribution in [-0.2, 0) is 28.4 Å². The molecule has 0 N–H and O–H groups in total. The molecule has 3 atom stereocenters. The number of benzene rings is 1. The van der Waals surface area contributed by atoms with E-state index in [9.17, 15) is 35.9 Å². The van der Waals surface area contributed by atoms with Crippen molar-refractivity contribution in [2.45, 2.75) is 71.7 Å². The molecule has 2 amide bonds. The Bertz CT molecular complexity index is 1130. The number of allylic oxidation sites excluding steroid dienone is 2. The van der Waals surface area contributed by atoms with Crippen LogP contribution in [0, 0.1) is 5.92 Å². The zero-order valence-corrected chi connectivity index (χ0v) is 21.7. The largest absolute Gasteiger partial charge is 0.447 e. The van der Waals surface area contributed by atoms with E-state index in [-0.39, 0.29) is 24.3 Å². The minimum atomic E-state index is -5.01. The summed E-state index contributed by atoms with van der Waals surface area (Å²) in [4.78, 5) is 28.5. The van der Waals surface area contributed by atoms with Gasteiger partial charge in [-0.1, -0.05) is 29.9 Å². The van der Waals surface area contributed by atoms with Crippen LogP contribution in [0.3, 0.4) is 0 Å². The van der Waals surface area contributed by atoms with Crippen molar-refractivity contribution in [2.24, 2.45) is 5.92 Å². The molecule has 1 heterocycles. The van der Waals surface area contributed by atoms with Gasteiger partial charge in [0.15, 0.2) is 0 Å². The van der Waals surface area contributed by atoms with Crippen LogP contribution in [0.25, 0.3) is 0 Å². The van der Waals surface area contributed by atoms with E-state index in [1.807, 2.05) is 26.0 Å². The van der Waals surface area contributed by atoms with Crippen LogP contribution in [0.15, 0.2) is 53.6 Å². The number of hydrogen-bond acceptors (Lipinski definition) is 3. The molecule has 0 spiro atoms. The van der Waals surface area contributed by atoms with Gasteiger partial charge in [0.2, 0.25) is 5.91 Å². The van der Waals surface area contributed by atoms with E-state index < -0.39 is 60.0 Å². The number of alkyl halides is 6. The van der Waals surface area contributed by atoms with Gasteiger partial charge < -0.3 is 9.64 Å². The predicted molar refractivity (Wildman–Crippen MR) is 129 cm³/mol. The predicted octanol–water partition coefficient (Wildman–Crippen LogP) is 6.75. The van der Waals surface area contributed by atoms with E-state index in [0.717, 1.165) is 11.1 Å². The van der Waals surface area contributed by atoms with Crippen molar-refractivity contribution in [3.05, 3.63) is 70.3 Å². The smallest absolute Gasteiger partial charge is 0.416 e. The van der Waals surface area contributed by atoms with Gasteiger partial charge in [-0.05, 0) is 57.0 Å². The lowest BCUT2D eigenvalue weighted by Gasteiger charge is -2.42. The lowest BCUT2D eigenvalue weighted by molar-refractivity contribution is -0.143. The Balaban J connectivity index is 2.06. The SMILES string of the molecule is CC(=O)N(Cc1cc(C(F)(F)F)cc(C(F)(F)F)c1)C1C=CCN(C(=O)OC(C)C)C2C(C)=C(C)C=CC12. The molecule has 1 aromatic carbocycles. The fourth-order valence-corrected chi connectivity index (χ4v) is 4.82. The van der Waals surface area contributed by atoms with Crippen LogP contribution in [0.1, 0.15) is 51.3 Å². The molecule has 1 aliphatic carbocycles. The van der Waals surface area contributed by atoms with Gasteiger partial charge in [0.25, 0.3) is 0 Å². The standard InChI is InChI=1S/C27H30F6N2O3/c1-15(2)38-25(37)34-10-6-7-23(22-9-8-16(3)17(4)24(22)34)35(18(5)36)14-19-11-20(26(28,29)30)13-21(12-19)27(31,32)33/h6-9,11-13,15,22-24H,10,14H2,1-5H3. The Morgan fingerprint density at radius 1 is 1.03 bits per heavy atom. The maximum absolute atomic E-state index is 13.4. The highest BCUT2D eigenvalue weighted by atomic mass is 19.4. The van der Waals surface area contributed by atoms with Crippen LogP contribution >= 0.6 is 0 Å². The quantitative estimate of drug-likeness (QED) is 0.311. The van der Waals surface area contributed by atoms with Crippen molar-refractivity contribution in [1.29, 1.82) is 0 Å². The Kier molecular flexibility index (Phi) is 8.38. The van der Waals surface area contributed by atoms with Crippen molar-refractivity contribution in [2.75, 3.05) is 6.54 Å². The van der Waals surface area contributed by atoms with E-state index in [1.165, 1.54) is 16.7 Å². The maximum atomic E-state index is 13.4. The van der Waals surface area contributed by atoms with Crippen molar-refractivity contribution in [3.8, 4) is 0 Å². The molecule has 38 heavy (non-hydrogen) atoms. The van der Waals surface area contributed by atoms with Crippen LogP contribution in [0.5, 0.6) is 0 Å². The normalized spacial score (nSPS) is 21.9. The molecule has 0 bridgehead atoms. The first-order valence-electron chi connectivity index (χ1n) is 12.1. The summed E-state index contributed by atoms with van der Waals surface area (Å²) in [5.41, 5.74) is -1.47. The van der Waals surface area contributed by atoms with Gasteiger partial charge in [0.1, 0.15) is 0 Å². The van der Waals surface area contributed by atoms with E-state index in [4.69, 9.17) is 4.74 Å². The van der Waals surface area contributed by atoms with Gasteiger partial charge in [-0.25, -0.2) is 4.79 Å². The number of carbonyl (C=O) groups excluding carboxylic acids is 2. The Morgan fingerprint density at radius 3 is 2.11 bits per heavy atom. The molecule has 0 radical (unpaired) electrons. The molecule has 0 fully saturated rings. The monoisotopic (exact) mass is 544 g/mol. The molecule has 11 heteroatoms. The summed E-state index contributed by atoms with van der Waals surface area (Å²) in [5, 5.41) is 0. The number of amides is 2. The summed E-state index contributed by atoms with van der Waals surface area (Å²) in [6.45, 7) is 7.99. The average molecular weight is 545 g/mol. The highest BCUT2D eigenvalue weighted by Crippen LogP contribution is 2.38. The topological polar surface area (TPSA) is 49.9 Å². The summed E-state index contributed by atoms with van der Waals surface area (Å²) < 4.78 is 86.0. The average Bonchev–Trinajstić information content (AvgIpc) is 2.98. The summed E-state index contributed by atoms with van der Waals surface area (Å²) in [5.74, 6) is -1.06. The van der Waals surface area contributed by atoms with Crippen molar-refractivity contribution in [1.82, 2.24) is 9.80 Å². The van der Waals surface area contributed by atoms with Crippen LogP contribution in [0.2, 0.25) is 0 Å². The van der Waals surface area contributed by atoms with E-state index in [0.29, 0.717) is 12.1 Å². The molecule has 208 valence electrons. The molecular formula is C27H30F6N2O3. The lowest BCUT2D eigenvalue weighted by atomic mass is 9.80. The molecular weight excluding hydrogens is 514 g/mol. The fourth-order valence-electron chi connectivity index (χ4n) is 4.82. The first-order chi connectivity index (χ1) is 17.5. The molecule has 2 aliphatic rings. The third-order valence-corrected chi connectivity index (χ3v) is 6.70. The van der Waals surface area contributed by atoms with Gasteiger partial charge in [-0.15, -0.1) is 0 Å². The first-order valence-corrected chi connectivity index (χ1v) is 12.1. The minimum absolute atomic E-state index is 0.0577. The Hall–Kier alpha value is -3.24. The third-order valence-electron chi connectivity index (χ3n) is 6.70. The molecule has 5 nitrogen and oxygen atoms in total. The molecule has 0 saturated heterocycles. The number of halogens is 6. The second kappa shape index (κ2) is 10.9. The summed E-state index contributed by atoms with van der Waals surface area (Å²) in [7, 11) is 0. The van der Waals surface area contributed by atoms with Crippen LogP contribution < -0.4 is 0 Å². The van der Waals surface area contributed by atoms with Gasteiger partial charge in [-0.2, -0.15) is 26.3 Å². The number of ether oxygens (including phenoxy) is 1. The molecule has 0 aromatic heterocycles. The molecule has 1 aliphatic heterocycles. The Morgan fingerprint density at radius 2 is 1.61 bits per heavy atom. The van der Waals surface area contributed by atoms with Crippen molar-refractivity contribution >= 4 is 12.0 Å². The summed E-state index contributed by atoms with van der Waals surface area (Å²) in [6.07, 6.45) is -4.00. The zero-order valence-electron chi connectivity index (χ0n) is 21.7. The van der Waals surface area contributed by atoms with Gasteiger partial charge in [0.05, 0.1) is 29.3 Å². The molecule has 3 rings (SSSR count). The van der Waals surface area contributed by atoms with Gasteiger partial charge in [-0.3, -0.25) is 9.69 Å². The Labute approximate surface area is 217 Å². The number of fused-ring (bicyclic) bond motifs is 1. The second-order valence-corrected chi connectivity index (χ2v) is 9.81. The van der Waals surface area contributed by atoms with Gasteiger partial charge in [0, 0.05) is 25.9 Å². The fraction of sp³-hybridized carbons (Fsp3) is 0.481. The van der Waals surface area contributed by atoms with Crippen LogP contribution in [-0.4, -0.2) is 46.5 Å². The highest BCUT2D eigenvalue weighted by molar-refractivity contribution is 5.74. The molecule has 3 unspecified atom stereocenters. The number of carbonyl (C=O) groups is 2. The van der Waals surface area contributed by atoms with Crippen LogP contribution in [0.4, 0.5) is 31.1 Å². The highest BCUT2D eigenvalue weighted by Gasteiger charge is 2.42. The lowest BCUT2D eigenvalue weighted by Crippen LogP contribution is -2.52. The maximum Gasteiger partial charge on any atom is 0.416 e. The van der Waals surface area contributed by atoms with E-state index in [2.05, 4.69) is 0 Å². The zero-order chi connectivity index (χ0) is 28.6. The number of rotatable bonds is 4.